The Morgan fingerprint density at radius 2 is 1.85 bits per heavy atom. The summed E-state index contributed by atoms with van der Waals surface area (Å²) in [5, 5.41) is 22.0. The third kappa shape index (κ3) is 6.88. The summed E-state index contributed by atoms with van der Waals surface area (Å²) < 4.78 is 34.0. The minimum atomic E-state index is -1.75. The molecular formula is C25H20ClF3N8O2. The van der Waals surface area contributed by atoms with Gasteiger partial charge in [-0.25, -0.2) is 23.4 Å². The van der Waals surface area contributed by atoms with Gasteiger partial charge < -0.3 is 16.0 Å². The van der Waals surface area contributed by atoms with Crippen LogP contribution in [0.4, 0.5) is 30.5 Å². The number of nitrogens with one attached hydrogen (secondary N) is 3. The highest BCUT2D eigenvalue weighted by Crippen LogP contribution is 2.26. The Labute approximate surface area is 225 Å². The molecule has 10 nitrogen and oxygen atoms in total. The Balaban J connectivity index is 0.00000134. The van der Waals surface area contributed by atoms with Crippen molar-refractivity contribution in [2.45, 2.75) is 6.92 Å². The lowest BCUT2D eigenvalue weighted by molar-refractivity contribution is 0.0964. The molecule has 0 saturated heterocycles. The number of anilines is 3. The SMILES string of the molecule is CNC(=O)c1cc(C#N)cc(C)c1NC(=O)c1cc(Nc2cccc(F)n2)nn1-c1ncccc1Cl.FCF. The van der Waals surface area contributed by atoms with Crippen LogP contribution in [-0.2, 0) is 0 Å². The maximum Gasteiger partial charge on any atom is 0.274 e. The van der Waals surface area contributed by atoms with Crippen molar-refractivity contribution >= 4 is 40.7 Å². The molecule has 0 saturated carbocycles. The number of halogens is 4. The lowest BCUT2D eigenvalue weighted by Crippen LogP contribution is -2.24. The number of benzene rings is 1. The number of nitriles is 1. The van der Waals surface area contributed by atoms with Gasteiger partial charge in [-0.15, -0.1) is 5.10 Å². The minimum absolute atomic E-state index is 0.0149. The lowest BCUT2D eigenvalue weighted by Gasteiger charge is -2.14. The van der Waals surface area contributed by atoms with E-state index in [1.165, 1.54) is 48.3 Å². The van der Waals surface area contributed by atoms with Crippen LogP contribution in [0.2, 0.25) is 5.02 Å². The standard InChI is InChI=1S/C24H18ClFN8O2.CH2F2/c1-13-9-14(12-27)10-15(23(35)28-2)21(13)32-24(36)17-11-20(31-19-7-3-6-18(26)30-19)33-34(17)22-16(25)5-4-8-29-22;2-1-3/h3-11H,1-2H3,(H,28,35)(H,32,36)(H,30,31,33);1H2. The predicted molar refractivity (Wildman–Crippen MR) is 138 cm³/mol. The summed E-state index contributed by atoms with van der Waals surface area (Å²) in [5.74, 6) is -1.30. The van der Waals surface area contributed by atoms with Crippen LogP contribution in [0.15, 0.2) is 54.7 Å². The Bertz CT molecular complexity index is 1550. The quantitative estimate of drug-likeness (QED) is 0.288. The van der Waals surface area contributed by atoms with E-state index in [9.17, 15) is 28.0 Å². The molecule has 0 spiro atoms. The Hall–Kier alpha value is -4.96. The van der Waals surface area contributed by atoms with Crippen molar-refractivity contribution in [3.8, 4) is 11.9 Å². The van der Waals surface area contributed by atoms with E-state index in [1.54, 1.807) is 25.1 Å². The second kappa shape index (κ2) is 13.0. The molecule has 0 aliphatic carbocycles. The summed E-state index contributed by atoms with van der Waals surface area (Å²) in [7, 11) is 1.44. The number of carbonyl (C=O) groups excluding carboxylic acids is 2. The summed E-state index contributed by atoms with van der Waals surface area (Å²) in [6, 6.07) is 13.8. The zero-order valence-corrected chi connectivity index (χ0v) is 21.2. The number of nitrogens with zero attached hydrogens (tertiary/aromatic N) is 5. The highest BCUT2D eigenvalue weighted by Gasteiger charge is 2.23. The van der Waals surface area contributed by atoms with Crippen molar-refractivity contribution in [2.24, 2.45) is 0 Å². The van der Waals surface area contributed by atoms with Gasteiger partial charge in [0, 0.05) is 19.3 Å². The van der Waals surface area contributed by atoms with Gasteiger partial charge in [-0.05, 0) is 48.9 Å². The molecule has 0 radical (unpaired) electrons. The van der Waals surface area contributed by atoms with E-state index < -0.39 is 24.7 Å². The molecule has 3 aromatic heterocycles. The fraction of sp³-hybridized carbons (Fsp3) is 0.120. The zero-order chi connectivity index (χ0) is 28.5. The molecule has 4 aromatic rings. The Kier molecular flexibility index (Phi) is 9.55. The summed E-state index contributed by atoms with van der Waals surface area (Å²) in [6.07, 6.45) is 1.49. The molecule has 1 aromatic carbocycles. The van der Waals surface area contributed by atoms with Crippen LogP contribution in [0.3, 0.4) is 0 Å². The fourth-order valence-corrected chi connectivity index (χ4v) is 3.62. The first-order chi connectivity index (χ1) is 18.7. The molecule has 3 heterocycles. The number of carbonyl (C=O) groups is 2. The van der Waals surface area contributed by atoms with Crippen LogP contribution in [0.5, 0.6) is 0 Å². The number of aryl methyl sites for hydroxylation is 1. The van der Waals surface area contributed by atoms with Crippen molar-refractivity contribution in [3.63, 3.8) is 0 Å². The van der Waals surface area contributed by atoms with Crippen LogP contribution in [0.1, 0.15) is 32.0 Å². The van der Waals surface area contributed by atoms with Crippen molar-refractivity contribution in [2.75, 3.05) is 24.6 Å². The second-order valence-electron chi connectivity index (χ2n) is 7.57. The second-order valence-corrected chi connectivity index (χ2v) is 7.97. The van der Waals surface area contributed by atoms with Crippen molar-refractivity contribution in [3.05, 3.63) is 88.1 Å². The average molecular weight is 557 g/mol. The lowest BCUT2D eigenvalue weighted by atomic mass is 10.0. The number of hydrogen-bond donors (Lipinski definition) is 3. The number of amides is 2. The molecule has 0 unspecified atom stereocenters. The number of alkyl halides is 2. The van der Waals surface area contributed by atoms with E-state index in [2.05, 4.69) is 31.0 Å². The van der Waals surface area contributed by atoms with Gasteiger partial charge in [0.2, 0.25) is 12.9 Å². The van der Waals surface area contributed by atoms with Gasteiger partial charge in [-0.2, -0.15) is 9.65 Å². The van der Waals surface area contributed by atoms with Crippen molar-refractivity contribution < 1.29 is 22.8 Å². The highest BCUT2D eigenvalue weighted by atomic mass is 35.5. The Morgan fingerprint density at radius 3 is 2.49 bits per heavy atom. The number of hydrogen-bond acceptors (Lipinski definition) is 7. The van der Waals surface area contributed by atoms with E-state index in [0.717, 1.165) is 0 Å². The van der Waals surface area contributed by atoms with E-state index in [-0.39, 0.29) is 45.0 Å². The van der Waals surface area contributed by atoms with Gasteiger partial charge in [0.25, 0.3) is 11.8 Å². The van der Waals surface area contributed by atoms with E-state index in [0.29, 0.717) is 5.56 Å². The van der Waals surface area contributed by atoms with Crippen LogP contribution in [0, 0.1) is 24.2 Å². The van der Waals surface area contributed by atoms with Crippen LogP contribution in [0.25, 0.3) is 5.82 Å². The molecule has 2 amide bonds. The van der Waals surface area contributed by atoms with E-state index >= 15 is 0 Å². The van der Waals surface area contributed by atoms with Gasteiger partial charge in [0.1, 0.15) is 11.5 Å². The smallest absolute Gasteiger partial charge is 0.274 e. The summed E-state index contributed by atoms with van der Waals surface area (Å²) in [5.41, 5.74) is 1.13. The maximum absolute atomic E-state index is 13.5. The zero-order valence-electron chi connectivity index (χ0n) is 20.5. The fourth-order valence-electron chi connectivity index (χ4n) is 3.42. The molecule has 0 aliphatic heterocycles. The predicted octanol–water partition coefficient (Wildman–Crippen LogP) is 4.87. The molecule has 4 rings (SSSR count). The first-order valence-electron chi connectivity index (χ1n) is 11.0. The molecule has 14 heteroatoms. The normalized spacial score (nSPS) is 10.1. The topological polar surface area (TPSA) is 138 Å². The number of aromatic nitrogens is 4. The van der Waals surface area contributed by atoms with Gasteiger partial charge in [0.05, 0.1) is 27.9 Å². The molecule has 200 valence electrons. The van der Waals surface area contributed by atoms with Crippen molar-refractivity contribution in [1.29, 1.82) is 5.26 Å². The van der Waals surface area contributed by atoms with Gasteiger partial charge in [-0.1, -0.05) is 17.7 Å². The van der Waals surface area contributed by atoms with E-state index in [1.807, 2.05) is 6.07 Å². The summed E-state index contributed by atoms with van der Waals surface area (Å²) >= 11 is 6.31. The summed E-state index contributed by atoms with van der Waals surface area (Å²) in [4.78, 5) is 33.9. The van der Waals surface area contributed by atoms with Gasteiger partial charge in [-0.3, -0.25) is 9.59 Å². The van der Waals surface area contributed by atoms with Crippen LogP contribution < -0.4 is 16.0 Å². The highest BCUT2D eigenvalue weighted by molar-refractivity contribution is 6.32. The average Bonchev–Trinajstić information content (AvgIpc) is 3.33. The number of rotatable bonds is 6. The molecule has 0 bridgehead atoms. The molecule has 0 aliphatic rings. The van der Waals surface area contributed by atoms with Crippen LogP contribution in [-0.4, -0.2) is 45.5 Å². The van der Waals surface area contributed by atoms with E-state index in [4.69, 9.17) is 11.6 Å². The van der Waals surface area contributed by atoms with Gasteiger partial charge >= 0.3 is 0 Å². The molecule has 0 atom stereocenters. The van der Waals surface area contributed by atoms with Crippen molar-refractivity contribution in [1.82, 2.24) is 25.1 Å². The monoisotopic (exact) mass is 556 g/mol. The molecule has 3 N–H and O–H groups in total. The molecule has 0 fully saturated rings. The molecular weight excluding hydrogens is 537 g/mol. The first kappa shape index (κ1) is 28.6. The minimum Gasteiger partial charge on any atom is -0.355 e. The summed E-state index contributed by atoms with van der Waals surface area (Å²) in [6.45, 7) is -0.0849. The number of pyridine rings is 2. The third-order valence-electron chi connectivity index (χ3n) is 5.03. The largest absolute Gasteiger partial charge is 0.355 e. The first-order valence-corrected chi connectivity index (χ1v) is 11.4. The Morgan fingerprint density at radius 1 is 1.10 bits per heavy atom. The third-order valence-corrected chi connectivity index (χ3v) is 5.32. The molecule has 39 heavy (non-hydrogen) atoms. The van der Waals surface area contributed by atoms with Gasteiger partial charge in [0.15, 0.2) is 11.6 Å². The maximum atomic E-state index is 13.5. The van der Waals surface area contributed by atoms with Crippen LogP contribution >= 0.6 is 11.6 Å².